The van der Waals surface area contributed by atoms with Crippen molar-refractivity contribution in [3.63, 3.8) is 0 Å². The first-order valence-corrected chi connectivity index (χ1v) is 5.13. The maximum absolute atomic E-state index is 11.1. The van der Waals surface area contributed by atoms with Crippen molar-refractivity contribution in [2.45, 2.75) is 33.2 Å². The molecule has 0 radical (unpaired) electrons. The number of rotatable bonds is 3. The minimum Gasteiger partial charge on any atom is -0.370 e. The highest BCUT2D eigenvalue weighted by atomic mass is 32.1. The lowest BCUT2D eigenvalue weighted by atomic mass is 9.87. The Hall–Kier alpha value is -0.640. The molecule has 0 aromatic heterocycles. The Kier molecular flexibility index (Phi) is 4.52. The van der Waals surface area contributed by atoms with Gasteiger partial charge in [-0.05, 0) is 12.8 Å². The minimum absolute atomic E-state index is 0.0506. The second kappa shape index (κ2) is 4.73. The van der Waals surface area contributed by atoms with Gasteiger partial charge in [0.15, 0.2) is 0 Å². The molecule has 0 saturated heterocycles. The third kappa shape index (κ3) is 2.94. The molecule has 3 nitrogen and oxygen atoms in total. The van der Waals surface area contributed by atoms with Gasteiger partial charge < -0.3 is 10.2 Å². The molecule has 0 aliphatic carbocycles. The van der Waals surface area contributed by atoms with Gasteiger partial charge >= 0.3 is 0 Å². The van der Waals surface area contributed by atoms with E-state index in [0.29, 0.717) is 0 Å². The van der Waals surface area contributed by atoms with Gasteiger partial charge in [-0.1, -0.05) is 26.1 Å². The lowest BCUT2D eigenvalue weighted by Crippen LogP contribution is -2.58. The molecule has 1 unspecified atom stereocenters. The van der Waals surface area contributed by atoms with Crippen LogP contribution in [-0.2, 0) is 4.79 Å². The Balaban J connectivity index is 4.90. The lowest BCUT2D eigenvalue weighted by molar-refractivity contribution is -0.120. The molecule has 14 heavy (non-hydrogen) atoms. The Morgan fingerprint density at radius 2 is 1.86 bits per heavy atom. The highest BCUT2D eigenvalue weighted by Crippen LogP contribution is 2.19. The summed E-state index contributed by atoms with van der Waals surface area (Å²) in [6, 6.07) is 0. The van der Waals surface area contributed by atoms with Gasteiger partial charge in [0.2, 0.25) is 5.91 Å². The van der Waals surface area contributed by atoms with Crippen LogP contribution in [0.3, 0.4) is 0 Å². The number of carbonyl (C=O) groups is 1. The standard InChI is InChI=1S/C10H20N2OS/c1-7(2)10(4,11-8(3)13)9(14)12(5)6/h7H,1-6H3,(H,11,13). The van der Waals surface area contributed by atoms with E-state index in [1.165, 1.54) is 6.92 Å². The van der Waals surface area contributed by atoms with Crippen molar-refractivity contribution in [3.05, 3.63) is 0 Å². The predicted molar refractivity (Wildman–Crippen MR) is 63.3 cm³/mol. The Morgan fingerprint density at radius 3 is 2.07 bits per heavy atom. The zero-order valence-electron chi connectivity index (χ0n) is 9.84. The van der Waals surface area contributed by atoms with E-state index in [-0.39, 0.29) is 11.8 Å². The first kappa shape index (κ1) is 13.4. The summed E-state index contributed by atoms with van der Waals surface area (Å²) in [4.78, 5) is 13.7. The first-order chi connectivity index (χ1) is 6.21. The summed E-state index contributed by atoms with van der Waals surface area (Å²) in [5.74, 6) is 0.215. The number of amides is 1. The van der Waals surface area contributed by atoms with Crippen LogP contribution in [0.4, 0.5) is 0 Å². The number of nitrogens with one attached hydrogen (secondary N) is 1. The van der Waals surface area contributed by atoms with Gasteiger partial charge in [-0.3, -0.25) is 4.79 Å². The Labute approximate surface area is 91.9 Å². The molecule has 0 aromatic carbocycles. The van der Waals surface area contributed by atoms with Crippen LogP contribution < -0.4 is 5.32 Å². The third-order valence-corrected chi connectivity index (χ3v) is 3.23. The van der Waals surface area contributed by atoms with Crippen LogP contribution in [0.25, 0.3) is 0 Å². The maximum atomic E-state index is 11.1. The normalized spacial score (nSPS) is 14.8. The smallest absolute Gasteiger partial charge is 0.217 e. The predicted octanol–water partition coefficient (Wildman–Crippen LogP) is 1.43. The third-order valence-electron chi connectivity index (χ3n) is 2.44. The summed E-state index contributed by atoms with van der Waals surface area (Å²) < 4.78 is 0. The number of thiocarbonyl (C=S) groups is 1. The molecule has 0 aliphatic heterocycles. The van der Waals surface area contributed by atoms with Crippen molar-refractivity contribution in [2.75, 3.05) is 14.1 Å². The summed E-state index contributed by atoms with van der Waals surface area (Å²) in [5, 5.41) is 2.92. The largest absolute Gasteiger partial charge is 0.370 e. The average molecular weight is 216 g/mol. The van der Waals surface area contributed by atoms with E-state index in [2.05, 4.69) is 5.32 Å². The highest BCUT2D eigenvalue weighted by molar-refractivity contribution is 7.80. The summed E-state index contributed by atoms with van der Waals surface area (Å²) in [5.41, 5.74) is -0.440. The van der Waals surface area contributed by atoms with Crippen molar-refractivity contribution in [3.8, 4) is 0 Å². The minimum atomic E-state index is -0.440. The fraction of sp³-hybridized carbons (Fsp3) is 0.800. The second-order valence-corrected chi connectivity index (χ2v) is 4.62. The van der Waals surface area contributed by atoms with Crippen molar-refractivity contribution in [2.24, 2.45) is 5.92 Å². The molecule has 0 heterocycles. The van der Waals surface area contributed by atoms with Gasteiger partial charge in [-0.25, -0.2) is 0 Å². The first-order valence-electron chi connectivity index (χ1n) is 4.72. The second-order valence-electron chi connectivity index (χ2n) is 4.24. The fourth-order valence-electron chi connectivity index (χ4n) is 1.27. The average Bonchev–Trinajstić information content (AvgIpc) is 2.00. The van der Waals surface area contributed by atoms with E-state index in [1.54, 1.807) is 0 Å². The quantitative estimate of drug-likeness (QED) is 0.724. The van der Waals surface area contributed by atoms with Gasteiger partial charge in [-0.2, -0.15) is 0 Å². The molecule has 4 heteroatoms. The molecular weight excluding hydrogens is 196 g/mol. The Bertz CT molecular complexity index is 238. The molecular formula is C10H20N2OS. The monoisotopic (exact) mass is 216 g/mol. The number of hydrogen-bond acceptors (Lipinski definition) is 2. The topological polar surface area (TPSA) is 32.3 Å². The van der Waals surface area contributed by atoms with Crippen molar-refractivity contribution >= 4 is 23.1 Å². The Morgan fingerprint density at radius 1 is 1.43 bits per heavy atom. The van der Waals surface area contributed by atoms with Crippen molar-refractivity contribution in [1.29, 1.82) is 0 Å². The zero-order valence-corrected chi connectivity index (χ0v) is 10.7. The fourth-order valence-corrected chi connectivity index (χ4v) is 1.56. The SMILES string of the molecule is CC(=O)NC(C)(C(=S)N(C)C)C(C)C. The van der Waals surface area contributed by atoms with Gasteiger partial charge in [-0.15, -0.1) is 0 Å². The molecule has 0 rings (SSSR count). The molecule has 1 amide bonds. The summed E-state index contributed by atoms with van der Waals surface area (Å²) in [7, 11) is 3.79. The van der Waals surface area contributed by atoms with Crippen LogP contribution in [-0.4, -0.2) is 35.4 Å². The molecule has 0 saturated carbocycles. The maximum Gasteiger partial charge on any atom is 0.217 e. The number of carbonyl (C=O) groups excluding carboxylic acids is 1. The van der Waals surface area contributed by atoms with E-state index in [9.17, 15) is 4.79 Å². The van der Waals surface area contributed by atoms with E-state index in [4.69, 9.17) is 12.2 Å². The molecule has 0 aromatic rings. The summed E-state index contributed by atoms with van der Waals surface area (Å²) in [6.45, 7) is 7.57. The van der Waals surface area contributed by atoms with E-state index in [0.717, 1.165) is 4.99 Å². The molecule has 1 atom stereocenters. The molecule has 0 spiro atoms. The van der Waals surface area contributed by atoms with Gasteiger partial charge in [0, 0.05) is 21.0 Å². The van der Waals surface area contributed by atoms with Gasteiger partial charge in [0.1, 0.15) is 4.99 Å². The van der Waals surface area contributed by atoms with E-state index in [1.807, 2.05) is 39.8 Å². The van der Waals surface area contributed by atoms with Crippen molar-refractivity contribution in [1.82, 2.24) is 10.2 Å². The summed E-state index contributed by atoms with van der Waals surface area (Å²) >= 11 is 5.32. The van der Waals surface area contributed by atoms with Gasteiger partial charge in [0.25, 0.3) is 0 Å². The van der Waals surface area contributed by atoms with Crippen LogP contribution in [0.1, 0.15) is 27.7 Å². The molecule has 82 valence electrons. The van der Waals surface area contributed by atoms with Crippen LogP contribution in [0, 0.1) is 5.92 Å². The van der Waals surface area contributed by atoms with Crippen LogP contribution in [0.15, 0.2) is 0 Å². The van der Waals surface area contributed by atoms with Crippen LogP contribution in [0.2, 0.25) is 0 Å². The van der Waals surface area contributed by atoms with Crippen LogP contribution >= 0.6 is 12.2 Å². The summed E-state index contributed by atoms with van der Waals surface area (Å²) in [6.07, 6.45) is 0. The van der Waals surface area contributed by atoms with E-state index >= 15 is 0 Å². The molecule has 1 N–H and O–H groups in total. The molecule has 0 bridgehead atoms. The number of likely N-dealkylation sites (N-methyl/N-ethyl adjacent to an activating group) is 1. The number of hydrogen-bond donors (Lipinski definition) is 1. The highest BCUT2D eigenvalue weighted by Gasteiger charge is 2.34. The zero-order chi connectivity index (χ0) is 11.5. The molecule has 0 fully saturated rings. The van der Waals surface area contributed by atoms with E-state index < -0.39 is 5.54 Å². The number of nitrogens with zero attached hydrogens (tertiary/aromatic N) is 1. The lowest BCUT2D eigenvalue weighted by Gasteiger charge is -2.38. The molecule has 0 aliphatic rings. The van der Waals surface area contributed by atoms with Crippen molar-refractivity contribution < 1.29 is 4.79 Å². The van der Waals surface area contributed by atoms with Gasteiger partial charge in [0.05, 0.1) is 5.54 Å². The van der Waals surface area contributed by atoms with Crippen LogP contribution in [0.5, 0.6) is 0 Å².